The predicted octanol–water partition coefficient (Wildman–Crippen LogP) is -16.7. The highest BCUT2D eigenvalue weighted by Crippen LogP contribution is 2.29. The molecule has 2 saturated heterocycles. The molecule has 6 heterocycles. The minimum atomic E-state index is -0.807. The van der Waals surface area contributed by atoms with Crippen molar-refractivity contribution in [1.82, 2.24) is 19.9 Å². The van der Waals surface area contributed by atoms with Gasteiger partial charge in [-0.05, 0) is 12.5 Å². The number of hydrogen-bond acceptors (Lipinski definition) is 10. The molecule has 4 aromatic heterocycles. The molecule has 0 spiro atoms. The van der Waals surface area contributed by atoms with Crippen LogP contribution in [-0.4, -0.2) is 106 Å². The van der Waals surface area contributed by atoms with Gasteiger partial charge in [0.25, 0.3) is 0 Å². The van der Waals surface area contributed by atoms with E-state index in [1.54, 1.807) is 35.9 Å². The van der Waals surface area contributed by atoms with E-state index in [1.807, 2.05) is 23.1 Å². The Morgan fingerprint density at radius 1 is 0.711 bits per heavy atom. The number of rotatable bonds is 6. The van der Waals surface area contributed by atoms with Crippen molar-refractivity contribution >= 4 is 57.2 Å². The maximum atomic E-state index is 10.3. The molecule has 4 aromatic rings. The second-order valence-corrected chi connectivity index (χ2v) is 12.0. The molecule has 0 radical (unpaired) electrons. The number of nitrogens with one attached hydrogen (secondary N) is 4. The zero-order valence-electron chi connectivity index (χ0n) is 24.2. The van der Waals surface area contributed by atoms with Crippen molar-refractivity contribution in [3.63, 3.8) is 0 Å². The van der Waals surface area contributed by atoms with Gasteiger partial charge in [0, 0.05) is 23.9 Å². The summed E-state index contributed by atoms with van der Waals surface area (Å²) in [7, 11) is 0. The fourth-order valence-corrected chi connectivity index (χ4v) is 7.11. The maximum absolute atomic E-state index is 10.3. The number of thioether (sulfide) groups is 2. The second-order valence-electron chi connectivity index (χ2n) is 10.2. The number of fused-ring (bicyclic) bond motifs is 2. The number of quaternary nitrogens is 2. The van der Waals surface area contributed by atoms with Crippen molar-refractivity contribution in [2.24, 2.45) is 0 Å². The van der Waals surface area contributed by atoms with Crippen LogP contribution < -0.4 is 81.7 Å². The van der Waals surface area contributed by atoms with Gasteiger partial charge in [0.15, 0.2) is 22.1 Å². The van der Waals surface area contributed by atoms with E-state index in [-0.39, 0.29) is 79.3 Å². The standard InChI is InChI=1S/2C12H17N5O2S.4ClH.H2O/c2*1-20-3-6-10(18)11(19)8(17-6)5-2-14-9-7(5)15-4-16-12(9)13;;;;;/h2*2,4,6,8,10-11,14,17-19H,3H2,1H3,(H2,13,15,16);4*1H;1H2/t2*6-,8+,10-,11+;;;;;/m11...../s1. The monoisotopic (exact) mass is 752 g/mol. The van der Waals surface area contributed by atoms with E-state index in [0.29, 0.717) is 11.6 Å². The first-order valence-corrected chi connectivity index (χ1v) is 15.7. The molecule has 18 N–H and O–H groups in total. The van der Waals surface area contributed by atoms with Gasteiger partial charge in [0.1, 0.15) is 48.6 Å². The van der Waals surface area contributed by atoms with Crippen LogP contribution in [0.2, 0.25) is 0 Å². The van der Waals surface area contributed by atoms with Crippen molar-refractivity contribution in [3.05, 3.63) is 36.2 Å². The molecule has 256 valence electrons. The van der Waals surface area contributed by atoms with Crippen LogP contribution in [0.3, 0.4) is 0 Å². The van der Waals surface area contributed by atoms with Crippen molar-refractivity contribution in [2.45, 2.75) is 48.6 Å². The van der Waals surface area contributed by atoms with Crippen LogP contribution >= 0.6 is 23.5 Å². The summed E-state index contributed by atoms with van der Waals surface area (Å²) in [6.07, 6.45) is 7.58. The fraction of sp³-hybridized carbons (Fsp3) is 0.500. The first kappa shape index (κ1) is 43.4. The molecule has 45 heavy (non-hydrogen) atoms. The number of nitrogens with two attached hydrogens (primary N) is 4. The van der Waals surface area contributed by atoms with Crippen LogP contribution in [0.1, 0.15) is 23.2 Å². The Morgan fingerprint density at radius 2 is 1.07 bits per heavy atom. The lowest BCUT2D eigenvalue weighted by Gasteiger charge is -2.10. The van der Waals surface area contributed by atoms with E-state index in [0.717, 1.165) is 44.7 Å². The number of nitrogen functional groups attached to an aromatic ring is 2. The summed E-state index contributed by atoms with van der Waals surface area (Å²) < 4.78 is 0. The van der Waals surface area contributed by atoms with Gasteiger partial charge in [-0.1, -0.05) is 0 Å². The van der Waals surface area contributed by atoms with Crippen molar-refractivity contribution in [1.29, 1.82) is 0 Å². The van der Waals surface area contributed by atoms with Gasteiger partial charge in [-0.25, -0.2) is 9.97 Å². The molecule has 6 rings (SSSR count). The quantitative estimate of drug-likeness (QED) is 0.0888. The van der Waals surface area contributed by atoms with E-state index in [1.165, 1.54) is 12.7 Å². The van der Waals surface area contributed by atoms with Gasteiger partial charge < -0.3 is 108 Å². The lowest BCUT2D eigenvalue weighted by Crippen LogP contribution is -3.00. The average Bonchev–Trinajstić information content (AvgIpc) is 3.69. The first-order chi connectivity index (χ1) is 19.3. The van der Waals surface area contributed by atoms with Crippen LogP contribution in [0, 0.1) is 0 Å². The Hall–Kier alpha value is -1.58. The molecule has 2 aliphatic rings. The molecular formula is C24H40Cl4N10O5S2. The molecule has 2 aliphatic heterocycles. The average molecular weight is 755 g/mol. The third-order valence-corrected chi connectivity index (χ3v) is 9.23. The molecule has 0 aromatic carbocycles. The van der Waals surface area contributed by atoms with Crippen LogP contribution in [0.25, 0.3) is 22.1 Å². The lowest BCUT2D eigenvalue weighted by atomic mass is 10.0. The first-order valence-electron chi connectivity index (χ1n) is 12.9. The third kappa shape index (κ3) is 8.48. The second kappa shape index (κ2) is 18.7. The molecule has 21 heteroatoms. The summed E-state index contributed by atoms with van der Waals surface area (Å²) in [5.74, 6) is 2.60. The highest BCUT2D eigenvalue weighted by atomic mass is 35.5. The SMILES string of the molecule is CSC[C@H]1[NH2+][C@@H](c2c[nH]c3c(N)[nH+]cnc23)[C@H](O)[C@@H]1O.CSC[C@H]1[NH2+][C@@H](c2c[nH]c3c(N)[nH+]cnc23)[C@H](O)[C@@H]1O.O.[Cl-].[Cl-].[Cl-].[Cl-]. The summed E-state index contributed by atoms with van der Waals surface area (Å²) in [6, 6.07) is -0.486. The van der Waals surface area contributed by atoms with Gasteiger partial charge in [0.2, 0.25) is 24.3 Å². The summed E-state index contributed by atoms with van der Waals surface area (Å²) >= 11 is 3.32. The topological polar surface area (TPSA) is 283 Å². The van der Waals surface area contributed by atoms with Crippen LogP contribution in [-0.2, 0) is 0 Å². The number of aromatic amines is 4. The minimum absolute atomic E-state index is 0. The van der Waals surface area contributed by atoms with Gasteiger partial charge >= 0.3 is 0 Å². The van der Waals surface area contributed by atoms with E-state index in [9.17, 15) is 20.4 Å². The smallest absolute Gasteiger partial charge is 0.244 e. The molecule has 0 saturated carbocycles. The van der Waals surface area contributed by atoms with Crippen molar-refractivity contribution in [2.75, 3.05) is 35.5 Å². The molecule has 2 fully saturated rings. The van der Waals surface area contributed by atoms with E-state index in [2.05, 4.69) is 29.9 Å². The molecule has 0 aliphatic carbocycles. The van der Waals surface area contributed by atoms with Crippen LogP contribution in [0.4, 0.5) is 11.6 Å². The predicted molar refractivity (Wildman–Crippen MR) is 155 cm³/mol. The van der Waals surface area contributed by atoms with Crippen LogP contribution in [0.15, 0.2) is 25.0 Å². The Morgan fingerprint density at radius 3 is 1.40 bits per heavy atom. The zero-order chi connectivity index (χ0) is 28.6. The highest BCUT2D eigenvalue weighted by molar-refractivity contribution is 7.98. The summed E-state index contributed by atoms with van der Waals surface area (Å²) in [5.41, 5.74) is 16.4. The molecular weight excluding hydrogens is 714 g/mol. The lowest BCUT2D eigenvalue weighted by molar-refractivity contribution is -0.708. The minimum Gasteiger partial charge on any atom is -1.00 e. The Labute approximate surface area is 292 Å². The van der Waals surface area contributed by atoms with Gasteiger partial charge in [-0.3, -0.25) is 0 Å². The van der Waals surface area contributed by atoms with E-state index >= 15 is 0 Å². The maximum Gasteiger partial charge on any atom is 0.244 e. The number of hydrogen-bond donors (Lipinski definition) is 10. The molecule has 0 bridgehead atoms. The zero-order valence-corrected chi connectivity index (χ0v) is 28.8. The van der Waals surface area contributed by atoms with Crippen molar-refractivity contribution < 1.29 is 96.1 Å². The molecule has 0 unspecified atom stereocenters. The van der Waals surface area contributed by atoms with Gasteiger partial charge in [0.05, 0.1) is 11.1 Å². The Bertz CT molecular complexity index is 1370. The largest absolute Gasteiger partial charge is 1.00 e. The molecule has 0 amide bonds. The normalized spacial score (nSPS) is 26.8. The fourth-order valence-electron chi connectivity index (χ4n) is 5.72. The number of halogens is 4. The van der Waals surface area contributed by atoms with Gasteiger partial charge in [-0.15, -0.1) is 9.97 Å². The van der Waals surface area contributed by atoms with E-state index < -0.39 is 24.4 Å². The van der Waals surface area contributed by atoms with Crippen LogP contribution in [0.5, 0.6) is 0 Å². The summed E-state index contributed by atoms with van der Waals surface area (Å²) in [4.78, 5) is 20.4. The summed E-state index contributed by atoms with van der Waals surface area (Å²) in [6.45, 7) is 0. The number of anilines is 2. The summed E-state index contributed by atoms with van der Waals surface area (Å²) in [5, 5.41) is 44.9. The van der Waals surface area contributed by atoms with E-state index in [4.69, 9.17) is 11.5 Å². The number of H-pyrrole nitrogens is 4. The van der Waals surface area contributed by atoms with Crippen molar-refractivity contribution in [3.8, 4) is 0 Å². The Balaban J connectivity index is 0.000000774. The molecule has 15 nitrogen and oxygen atoms in total. The number of aliphatic hydroxyl groups is 4. The third-order valence-electron chi connectivity index (χ3n) is 7.79. The highest BCUT2D eigenvalue weighted by Gasteiger charge is 2.48. The van der Waals surface area contributed by atoms with Gasteiger partial charge in [-0.2, -0.15) is 23.5 Å². The number of nitrogens with zero attached hydrogens (tertiary/aromatic N) is 2. The number of aromatic nitrogens is 6. The Kier molecular flexibility index (Phi) is 18.0. The number of aliphatic hydroxyl groups excluding tert-OH is 4. The molecule has 8 atom stereocenters.